The highest BCUT2D eigenvalue weighted by molar-refractivity contribution is 8.33. The van der Waals surface area contributed by atoms with Crippen molar-refractivity contribution in [1.29, 1.82) is 0 Å². The van der Waals surface area contributed by atoms with Crippen LogP contribution in [0.1, 0.15) is 0 Å². The van der Waals surface area contributed by atoms with E-state index in [0.29, 0.717) is 17.5 Å². The number of benzene rings is 7. The molecule has 50 heavy (non-hydrogen) atoms. The van der Waals surface area contributed by atoms with Crippen LogP contribution in [0.2, 0.25) is 0 Å². The predicted molar refractivity (Wildman–Crippen MR) is 208 cm³/mol. The Morgan fingerprint density at radius 2 is 1.04 bits per heavy atom. The SMILES string of the molecule is CS1(C)c2ccccc2-c2c(-c3nc(-c4cccc(-c5ccc6ccccc6c5)c4)nc(-c4ccc5c(c4)oc4ccccc45)n3)cccc21. The van der Waals surface area contributed by atoms with Gasteiger partial charge in [-0.05, 0) is 82.4 Å². The summed E-state index contributed by atoms with van der Waals surface area (Å²) < 4.78 is 6.29. The molecule has 1 aliphatic heterocycles. The molecule has 3 heterocycles. The van der Waals surface area contributed by atoms with Crippen molar-refractivity contribution in [3.63, 3.8) is 0 Å². The molecule has 0 atom stereocenters. The molecule has 0 spiro atoms. The fraction of sp³-hybridized carbons (Fsp3) is 0.0444. The smallest absolute Gasteiger partial charge is 0.164 e. The molecular weight excluding hydrogens is 631 g/mol. The summed E-state index contributed by atoms with van der Waals surface area (Å²) in [5.41, 5.74) is 9.27. The van der Waals surface area contributed by atoms with E-state index in [0.717, 1.165) is 49.8 Å². The van der Waals surface area contributed by atoms with Gasteiger partial charge < -0.3 is 4.42 Å². The zero-order valence-electron chi connectivity index (χ0n) is 27.6. The standard InChI is InChI=1S/C45H31N3OS/c1-50(2)40-19-8-6-16-36(40)42-37(17-10-20-41(42)50)45-47-43(32-14-9-13-30(26-32)31-22-21-28-11-3-4-12-29(28)25-31)46-44(48-45)33-23-24-35-34-15-5-7-18-38(34)49-39(35)27-33/h3-27H,1-2H3. The van der Waals surface area contributed by atoms with Gasteiger partial charge in [0, 0.05) is 42.8 Å². The first-order valence-corrected chi connectivity index (χ1v) is 19.2. The lowest BCUT2D eigenvalue weighted by Gasteiger charge is -2.28. The van der Waals surface area contributed by atoms with Crippen LogP contribution in [0, 0.1) is 0 Å². The van der Waals surface area contributed by atoms with Crippen molar-refractivity contribution >= 4 is 42.7 Å². The van der Waals surface area contributed by atoms with Crippen LogP contribution in [0.25, 0.3) is 89.1 Å². The van der Waals surface area contributed by atoms with Crippen LogP contribution in [0.3, 0.4) is 0 Å². The molecule has 7 aromatic carbocycles. The minimum Gasteiger partial charge on any atom is -0.456 e. The van der Waals surface area contributed by atoms with E-state index in [1.54, 1.807) is 0 Å². The lowest BCUT2D eigenvalue weighted by atomic mass is 9.98. The summed E-state index contributed by atoms with van der Waals surface area (Å²) in [5, 5.41) is 4.61. The summed E-state index contributed by atoms with van der Waals surface area (Å²) in [5.74, 6) is 1.90. The van der Waals surface area contributed by atoms with Gasteiger partial charge in [0.15, 0.2) is 17.5 Å². The van der Waals surface area contributed by atoms with Crippen molar-refractivity contribution in [3.8, 4) is 56.4 Å². The normalized spacial score (nSPS) is 13.8. The van der Waals surface area contributed by atoms with E-state index in [1.807, 2.05) is 18.2 Å². The molecule has 0 bridgehead atoms. The van der Waals surface area contributed by atoms with E-state index in [4.69, 9.17) is 19.4 Å². The molecule has 0 aliphatic carbocycles. The third-order valence-electron chi connectivity index (χ3n) is 10.00. The molecule has 2 aromatic heterocycles. The predicted octanol–water partition coefficient (Wildman–Crippen LogP) is 12.1. The van der Waals surface area contributed by atoms with Crippen molar-refractivity contribution in [3.05, 3.63) is 152 Å². The summed E-state index contributed by atoms with van der Waals surface area (Å²) in [6.45, 7) is 0. The van der Waals surface area contributed by atoms with E-state index >= 15 is 0 Å². The van der Waals surface area contributed by atoms with Crippen LogP contribution in [-0.4, -0.2) is 27.5 Å². The second-order valence-electron chi connectivity index (χ2n) is 13.3. The monoisotopic (exact) mass is 661 g/mol. The van der Waals surface area contributed by atoms with Gasteiger partial charge in [0.1, 0.15) is 11.2 Å². The first kappa shape index (κ1) is 28.9. The van der Waals surface area contributed by atoms with Crippen LogP contribution >= 0.6 is 10.0 Å². The summed E-state index contributed by atoms with van der Waals surface area (Å²) in [4.78, 5) is 18.4. The number of para-hydroxylation sites is 1. The Morgan fingerprint density at radius 3 is 1.94 bits per heavy atom. The molecule has 5 heteroatoms. The van der Waals surface area contributed by atoms with Crippen LogP contribution in [0.5, 0.6) is 0 Å². The van der Waals surface area contributed by atoms with Crippen LogP contribution < -0.4 is 0 Å². The van der Waals surface area contributed by atoms with Gasteiger partial charge >= 0.3 is 0 Å². The Labute approximate surface area is 291 Å². The zero-order valence-corrected chi connectivity index (χ0v) is 28.4. The van der Waals surface area contributed by atoms with Crippen LogP contribution in [0.4, 0.5) is 0 Å². The molecule has 0 amide bonds. The number of hydrogen-bond donors (Lipinski definition) is 0. The Balaban J connectivity index is 1.18. The number of fused-ring (bicyclic) bond motifs is 7. The Hall–Kier alpha value is -6.04. The van der Waals surface area contributed by atoms with Gasteiger partial charge in [-0.15, -0.1) is 0 Å². The third kappa shape index (κ3) is 4.51. The highest BCUT2D eigenvalue weighted by Gasteiger charge is 2.34. The maximum Gasteiger partial charge on any atom is 0.164 e. The maximum atomic E-state index is 6.29. The molecule has 0 saturated heterocycles. The van der Waals surface area contributed by atoms with Crippen molar-refractivity contribution in [1.82, 2.24) is 15.0 Å². The lowest BCUT2D eigenvalue weighted by Crippen LogP contribution is -2.01. The molecule has 0 unspecified atom stereocenters. The van der Waals surface area contributed by atoms with Crippen molar-refractivity contribution < 1.29 is 4.42 Å². The van der Waals surface area contributed by atoms with Crippen LogP contribution in [0.15, 0.2) is 166 Å². The lowest BCUT2D eigenvalue weighted by molar-refractivity contribution is 0.669. The highest BCUT2D eigenvalue weighted by Crippen LogP contribution is 2.68. The summed E-state index contributed by atoms with van der Waals surface area (Å²) >= 11 is 0. The van der Waals surface area contributed by atoms with Crippen LogP contribution in [-0.2, 0) is 0 Å². The Kier molecular flexibility index (Phi) is 6.36. The molecule has 0 saturated carbocycles. The van der Waals surface area contributed by atoms with Gasteiger partial charge in [-0.3, -0.25) is 0 Å². The number of rotatable bonds is 4. The zero-order chi connectivity index (χ0) is 33.4. The average Bonchev–Trinajstić information content (AvgIpc) is 3.66. The van der Waals surface area contributed by atoms with Gasteiger partial charge in [0.25, 0.3) is 0 Å². The molecule has 0 radical (unpaired) electrons. The number of furan rings is 1. The van der Waals surface area contributed by atoms with E-state index in [2.05, 4.69) is 146 Å². The molecule has 0 N–H and O–H groups in total. The maximum absolute atomic E-state index is 6.29. The second-order valence-corrected chi connectivity index (χ2v) is 16.8. The fourth-order valence-corrected chi connectivity index (χ4v) is 10.0. The number of aromatic nitrogens is 3. The minimum absolute atomic E-state index is 0.610. The minimum atomic E-state index is -1.19. The molecule has 10 rings (SSSR count). The van der Waals surface area contributed by atoms with E-state index in [1.165, 1.54) is 31.7 Å². The summed E-state index contributed by atoms with van der Waals surface area (Å²) in [7, 11) is -1.19. The van der Waals surface area contributed by atoms with Crippen molar-refractivity contribution in [2.24, 2.45) is 0 Å². The number of hydrogen-bond acceptors (Lipinski definition) is 4. The molecule has 0 fully saturated rings. The van der Waals surface area contributed by atoms with Gasteiger partial charge in [-0.25, -0.2) is 15.0 Å². The molecule has 238 valence electrons. The molecule has 9 aromatic rings. The molecule has 1 aliphatic rings. The fourth-order valence-electron chi connectivity index (χ4n) is 7.48. The van der Waals surface area contributed by atoms with Crippen molar-refractivity contribution in [2.45, 2.75) is 9.79 Å². The summed E-state index contributed by atoms with van der Waals surface area (Å²) in [6.07, 6.45) is 4.76. The van der Waals surface area contributed by atoms with Gasteiger partial charge in [-0.1, -0.05) is 109 Å². The Bertz CT molecular complexity index is 2820. The molecular formula is C45H31N3OS. The van der Waals surface area contributed by atoms with Gasteiger partial charge in [-0.2, -0.15) is 10.0 Å². The highest BCUT2D eigenvalue weighted by atomic mass is 32.3. The first-order chi connectivity index (χ1) is 24.5. The first-order valence-electron chi connectivity index (χ1n) is 16.7. The number of nitrogens with zero attached hydrogens (tertiary/aromatic N) is 3. The second kappa shape index (κ2) is 11.0. The summed E-state index contributed by atoms with van der Waals surface area (Å²) in [6, 6.07) is 53.4. The van der Waals surface area contributed by atoms with E-state index in [-0.39, 0.29) is 0 Å². The van der Waals surface area contributed by atoms with E-state index in [9.17, 15) is 0 Å². The third-order valence-corrected chi connectivity index (χ3v) is 12.9. The quantitative estimate of drug-likeness (QED) is 0.188. The average molecular weight is 662 g/mol. The van der Waals surface area contributed by atoms with Crippen molar-refractivity contribution in [2.75, 3.05) is 12.5 Å². The van der Waals surface area contributed by atoms with E-state index < -0.39 is 10.0 Å². The van der Waals surface area contributed by atoms with Gasteiger partial charge in [0.05, 0.1) is 0 Å². The largest absolute Gasteiger partial charge is 0.456 e. The Morgan fingerprint density at radius 1 is 0.420 bits per heavy atom. The molecule has 4 nitrogen and oxygen atoms in total. The topological polar surface area (TPSA) is 51.8 Å². The van der Waals surface area contributed by atoms with Gasteiger partial charge in [0.2, 0.25) is 0 Å².